The van der Waals surface area contributed by atoms with Crippen LogP contribution in [0.1, 0.15) is 46.0 Å². The molecule has 0 saturated heterocycles. The Balaban J connectivity index is 1.84. The molecule has 2 aliphatic carbocycles. The molecule has 1 saturated carbocycles. The van der Waals surface area contributed by atoms with Crippen LogP contribution in [0.15, 0.2) is 11.6 Å². The molecule has 2 nitrogen and oxygen atoms in total. The summed E-state index contributed by atoms with van der Waals surface area (Å²) in [7, 11) is 0. The van der Waals surface area contributed by atoms with Gasteiger partial charge in [0.25, 0.3) is 0 Å². The first-order chi connectivity index (χ1) is 7.20. The molecule has 1 fully saturated rings. The van der Waals surface area contributed by atoms with Crippen molar-refractivity contribution in [3.05, 3.63) is 11.6 Å². The van der Waals surface area contributed by atoms with E-state index in [1.54, 1.807) is 0 Å². The molecule has 0 spiro atoms. The lowest BCUT2D eigenvalue weighted by atomic mass is 9.92. The normalized spacial score (nSPS) is 30.1. The Morgan fingerprint density at radius 1 is 1.60 bits per heavy atom. The minimum atomic E-state index is 0.0454. The summed E-state index contributed by atoms with van der Waals surface area (Å²) < 4.78 is 5.46. The molecule has 3 atom stereocenters. The summed E-state index contributed by atoms with van der Waals surface area (Å²) >= 11 is 0. The van der Waals surface area contributed by atoms with E-state index in [-0.39, 0.29) is 18.0 Å². The third-order valence-electron chi connectivity index (χ3n) is 3.60. The van der Waals surface area contributed by atoms with E-state index in [1.807, 2.05) is 6.92 Å². The van der Waals surface area contributed by atoms with Crippen molar-refractivity contribution >= 4 is 5.97 Å². The molecule has 15 heavy (non-hydrogen) atoms. The van der Waals surface area contributed by atoms with E-state index < -0.39 is 0 Å². The van der Waals surface area contributed by atoms with Gasteiger partial charge in [-0.25, -0.2) is 0 Å². The fourth-order valence-corrected chi connectivity index (χ4v) is 2.77. The van der Waals surface area contributed by atoms with E-state index >= 15 is 0 Å². The predicted octanol–water partition coefficient (Wildman–Crippen LogP) is 3.07. The lowest BCUT2D eigenvalue weighted by Gasteiger charge is -2.20. The molecule has 0 aliphatic heterocycles. The monoisotopic (exact) mass is 208 g/mol. The summed E-state index contributed by atoms with van der Waals surface area (Å²) in [6.45, 7) is 4.11. The third-order valence-corrected chi connectivity index (χ3v) is 3.60. The maximum Gasteiger partial charge on any atom is 0.309 e. The Kier molecular flexibility index (Phi) is 3.13. The van der Waals surface area contributed by atoms with Gasteiger partial charge in [0.15, 0.2) is 0 Å². The molecular formula is C13H20O2. The zero-order valence-electron chi connectivity index (χ0n) is 9.66. The van der Waals surface area contributed by atoms with Crippen LogP contribution in [0.4, 0.5) is 0 Å². The van der Waals surface area contributed by atoms with Crippen molar-refractivity contribution < 1.29 is 9.53 Å². The van der Waals surface area contributed by atoms with Crippen LogP contribution in [0.5, 0.6) is 0 Å². The highest BCUT2D eigenvalue weighted by Crippen LogP contribution is 2.44. The molecule has 2 bridgehead atoms. The van der Waals surface area contributed by atoms with E-state index in [0.717, 1.165) is 32.1 Å². The van der Waals surface area contributed by atoms with Gasteiger partial charge in [0, 0.05) is 0 Å². The van der Waals surface area contributed by atoms with Crippen LogP contribution in [-0.2, 0) is 9.53 Å². The summed E-state index contributed by atoms with van der Waals surface area (Å²) in [5.74, 6) is 0.773. The first kappa shape index (κ1) is 10.7. The first-order valence-electron chi connectivity index (χ1n) is 6.09. The molecule has 0 aromatic rings. The number of carbonyl (C=O) groups is 1. The van der Waals surface area contributed by atoms with Crippen molar-refractivity contribution in [2.45, 2.75) is 52.1 Å². The molecule has 0 amide bonds. The Morgan fingerprint density at radius 2 is 2.40 bits per heavy atom. The number of rotatable bonds is 4. The van der Waals surface area contributed by atoms with Gasteiger partial charge in [-0.3, -0.25) is 4.79 Å². The number of ether oxygens (including phenoxy) is 1. The van der Waals surface area contributed by atoms with E-state index in [1.165, 1.54) is 5.57 Å². The fourth-order valence-electron chi connectivity index (χ4n) is 2.77. The van der Waals surface area contributed by atoms with E-state index in [2.05, 4.69) is 13.0 Å². The Bertz CT molecular complexity index is 280. The molecule has 2 heteroatoms. The highest BCUT2D eigenvalue weighted by molar-refractivity contribution is 5.74. The van der Waals surface area contributed by atoms with Crippen LogP contribution >= 0.6 is 0 Å². The molecule has 84 valence electrons. The van der Waals surface area contributed by atoms with Crippen LogP contribution in [0.25, 0.3) is 0 Å². The number of fused-ring (bicyclic) bond motifs is 2. The van der Waals surface area contributed by atoms with Crippen LogP contribution in [0.2, 0.25) is 0 Å². The molecule has 2 aliphatic rings. The summed E-state index contributed by atoms with van der Waals surface area (Å²) in [6.07, 6.45) is 7.64. The maximum absolute atomic E-state index is 11.9. The number of allylic oxidation sites excluding steroid dienone is 2. The largest absolute Gasteiger partial charge is 0.462 e. The van der Waals surface area contributed by atoms with Gasteiger partial charge in [-0.15, -0.1) is 0 Å². The van der Waals surface area contributed by atoms with Gasteiger partial charge < -0.3 is 4.74 Å². The summed E-state index contributed by atoms with van der Waals surface area (Å²) in [6, 6.07) is 0. The van der Waals surface area contributed by atoms with Crippen molar-refractivity contribution in [3.63, 3.8) is 0 Å². The number of hydrogen-bond donors (Lipinski definition) is 0. The predicted molar refractivity (Wildman–Crippen MR) is 59.4 cm³/mol. The fraction of sp³-hybridized carbons (Fsp3) is 0.769. The molecule has 2 rings (SSSR count). The van der Waals surface area contributed by atoms with Gasteiger partial charge in [-0.1, -0.05) is 25.0 Å². The Labute approximate surface area is 91.7 Å². The van der Waals surface area contributed by atoms with Crippen LogP contribution in [0, 0.1) is 11.8 Å². The Morgan fingerprint density at radius 3 is 2.93 bits per heavy atom. The van der Waals surface area contributed by atoms with Gasteiger partial charge in [-0.05, 0) is 38.5 Å². The average molecular weight is 208 g/mol. The highest BCUT2D eigenvalue weighted by atomic mass is 16.5. The minimum absolute atomic E-state index is 0.0454. The van der Waals surface area contributed by atoms with Crippen molar-refractivity contribution in [2.24, 2.45) is 11.8 Å². The summed E-state index contributed by atoms with van der Waals surface area (Å²) in [5, 5.41) is 0. The van der Waals surface area contributed by atoms with E-state index in [0.29, 0.717) is 5.92 Å². The zero-order valence-corrected chi connectivity index (χ0v) is 9.66. The van der Waals surface area contributed by atoms with Crippen molar-refractivity contribution in [1.82, 2.24) is 0 Å². The Hall–Kier alpha value is -0.790. The van der Waals surface area contributed by atoms with Gasteiger partial charge in [-0.2, -0.15) is 0 Å². The molecule has 0 aromatic heterocycles. The van der Waals surface area contributed by atoms with Crippen LogP contribution in [-0.4, -0.2) is 12.1 Å². The lowest BCUT2D eigenvalue weighted by molar-refractivity contribution is -0.154. The second-order valence-electron chi connectivity index (χ2n) is 4.91. The molecule has 0 N–H and O–H groups in total. The molecule has 0 aromatic carbocycles. The van der Waals surface area contributed by atoms with Crippen molar-refractivity contribution in [3.8, 4) is 0 Å². The molecule has 3 unspecified atom stereocenters. The quantitative estimate of drug-likeness (QED) is 0.524. The molecule has 0 radical (unpaired) electrons. The number of hydrogen-bond acceptors (Lipinski definition) is 2. The van der Waals surface area contributed by atoms with Crippen LogP contribution in [0.3, 0.4) is 0 Å². The topological polar surface area (TPSA) is 26.3 Å². The second-order valence-corrected chi connectivity index (χ2v) is 4.91. The van der Waals surface area contributed by atoms with Gasteiger partial charge in [0.2, 0.25) is 0 Å². The first-order valence-corrected chi connectivity index (χ1v) is 6.09. The van der Waals surface area contributed by atoms with Crippen molar-refractivity contribution in [2.75, 3.05) is 0 Å². The number of carbonyl (C=O) groups excluding carboxylic acids is 1. The second kappa shape index (κ2) is 4.38. The SMILES string of the molecule is CCCC(C)OC(=O)C1CC2=CCC1C2. The minimum Gasteiger partial charge on any atom is -0.462 e. The summed E-state index contributed by atoms with van der Waals surface area (Å²) in [4.78, 5) is 11.9. The lowest BCUT2D eigenvalue weighted by Crippen LogP contribution is -2.25. The van der Waals surface area contributed by atoms with Crippen molar-refractivity contribution in [1.29, 1.82) is 0 Å². The highest BCUT2D eigenvalue weighted by Gasteiger charge is 2.39. The molecular weight excluding hydrogens is 188 g/mol. The summed E-state index contributed by atoms with van der Waals surface area (Å²) in [5.41, 5.74) is 1.48. The van der Waals surface area contributed by atoms with Crippen LogP contribution < -0.4 is 0 Å². The third kappa shape index (κ3) is 2.24. The zero-order chi connectivity index (χ0) is 10.8. The van der Waals surface area contributed by atoms with Gasteiger partial charge in [0.1, 0.15) is 0 Å². The molecule has 0 heterocycles. The number of esters is 1. The standard InChI is InChI=1S/C13H20O2/c1-3-4-9(2)15-13(14)12-8-10-5-6-11(12)7-10/h5,9,11-12H,3-4,6-8H2,1-2H3. The maximum atomic E-state index is 11.9. The van der Waals surface area contributed by atoms with E-state index in [4.69, 9.17) is 4.74 Å². The van der Waals surface area contributed by atoms with E-state index in [9.17, 15) is 4.79 Å². The smallest absolute Gasteiger partial charge is 0.309 e. The average Bonchev–Trinajstić information content (AvgIpc) is 2.78. The van der Waals surface area contributed by atoms with Gasteiger partial charge >= 0.3 is 5.97 Å². The van der Waals surface area contributed by atoms with Gasteiger partial charge in [0.05, 0.1) is 12.0 Å².